The van der Waals surface area contributed by atoms with Gasteiger partial charge in [0.05, 0.1) is 12.6 Å². The van der Waals surface area contributed by atoms with Gasteiger partial charge in [0.1, 0.15) is 5.82 Å². The molecule has 1 atom stereocenters. The van der Waals surface area contributed by atoms with E-state index in [4.69, 9.17) is 5.11 Å². The van der Waals surface area contributed by atoms with Gasteiger partial charge in [-0.3, -0.25) is 0 Å². The van der Waals surface area contributed by atoms with Crippen molar-refractivity contribution in [2.45, 2.75) is 32.4 Å². The summed E-state index contributed by atoms with van der Waals surface area (Å²) in [6.07, 6.45) is 1.75. The normalized spacial score (nSPS) is 18.7. The Bertz CT molecular complexity index is 465. The lowest BCUT2D eigenvalue weighted by Gasteiger charge is -2.23. The number of nitrogens with zero attached hydrogens (tertiary/aromatic N) is 1. The Morgan fingerprint density at radius 2 is 2.37 bits per heavy atom. The average molecular weight is 266 g/mol. The van der Waals surface area contributed by atoms with Gasteiger partial charge in [0.15, 0.2) is 0 Å². The summed E-state index contributed by atoms with van der Waals surface area (Å²) in [6, 6.07) is 4.64. The van der Waals surface area contributed by atoms with Gasteiger partial charge in [0, 0.05) is 13.1 Å². The van der Waals surface area contributed by atoms with E-state index in [1.807, 2.05) is 0 Å². The second-order valence-corrected chi connectivity index (χ2v) is 4.91. The number of carbonyl (C=O) groups excluding carboxylic acids is 1. The lowest BCUT2D eigenvalue weighted by Crippen LogP contribution is -2.43. The monoisotopic (exact) mass is 266 g/mol. The predicted octanol–water partition coefficient (Wildman–Crippen LogP) is 1.80. The number of nitrogens with one attached hydrogen (secondary N) is 1. The molecule has 1 aliphatic heterocycles. The number of aliphatic hydroxyl groups excluding tert-OH is 1. The Balaban J connectivity index is 1.91. The van der Waals surface area contributed by atoms with Crippen LogP contribution in [0.4, 0.5) is 9.18 Å². The van der Waals surface area contributed by atoms with E-state index in [0.717, 1.165) is 18.4 Å². The Kier molecular flexibility index (Phi) is 4.37. The summed E-state index contributed by atoms with van der Waals surface area (Å²) in [5, 5.41) is 11.9. The van der Waals surface area contributed by atoms with E-state index in [-0.39, 0.29) is 24.5 Å². The van der Waals surface area contributed by atoms with Crippen molar-refractivity contribution in [1.29, 1.82) is 0 Å². The number of urea groups is 1. The number of amides is 2. The summed E-state index contributed by atoms with van der Waals surface area (Å²) in [5.41, 5.74) is 1.33. The quantitative estimate of drug-likeness (QED) is 0.876. The minimum atomic E-state index is -0.263. The molecule has 2 N–H and O–H groups in total. The highest BCUT2D eigenvalue weighted by molar-refractivity contribution is 5.74. The number of likely N-dealkylation sites (tertiary alicyclic amines) is 1. The predicted molar refractivity (Wildman–Crippen MR) is 70.2 cm³/mol. The number of rotatable bonds is 3. The van der Waals surface area contributed by atoms with Gasteiger partial charge >= 0.3 is 6.03 Å². The zero-order valence-corrected chi connectivity index (χ0v) is 11.0. The first kappa shape index (κ1) is 13.8. The van der Waals surface area contributed by atoms with E-state index in [9.17, 15) is 9.18 Å². The van der Waals surface area contributed by atoms with Crippen LogP contribution < -0.4 is 5.32 Å². The second kappa shape index (κ2) is 6.02. The van der Waals surface area contributed by atoms with Crippen molar-refractivity contribution >= 4 is 6.03 Å². The SMILES string of the molecule is Cc1ccc(CNC(=O)N2CCCC2CO)cc1F. The van der Waals surface area contributed by atoms with Gasteiger partial charge in [-0.1, -0.05) is 12.1 Å². The Morgan fingerprint density at radius 1 is 1.58 bits per heavy atom. The fourth-order valence-electron chi connectivity index (χ4n) is 2.32. The molecule has 4 nitrogen and oxygen atoms in total. The Morgan fingerprint density at radius 3 is 3.05 bits per heavy atom. The molecule has 1 fully saturated rings. The van der Waals surface area contributed by atoms with E-state index >= 15 is 0 Å². The van der Waals surface area contributed by atoms with E-state index in [2.05, 4.69) is 5.32 Å². The number of aliphatic hydroxyl groups is 1. The van der Waals surface area contributed by atoms with Crippen LogP contribution in [0.25, 0.3) is 0 Å². The van der Waals surface area contributed by atoms with Crippen molar-refractivity contribution in [3.8, 4) is 0 Å². The fraction of sp³-hybridized carbons (Fsp3) is 0.500. The van der Waals surface area contributed by atoms with Gasteiger partial charge in [-0.2, -0.15) is 0 Å². The highest BCUT2D eigenvalue weighted by Crippen LogP contribution is 2.16. The molecule has 0 aliphatic carbocycles. The van der Waals surface area contributed by atoms with Crippen molar-refractivity contribution < 1.29 is 14.3 Å². The van der Waals surface area contributed by atoms with Crippen LogP contribution in [0.1, 0.15) is 24.0 Å². The maximum absolute atomic E-state index is 13.4. The van der Waals surface area contributed by atoms with Gasteiger partial charge < -0.3 is 15.3 Å². The van der Waals surface area contributed by atoms with Crippen LogP contribution in [0.5, 0.6) is 0 Å². The highest BCUT2D eigenvalue weighted by Gasteiger charge is 2.27. The van der Waals surface area contributed by atoms with E-state index in [1.165, 1.54) is 6.07 Å². The lowest BCUT2D eigenvalue weighted by atomic mass is 10.1. The van der Waals surface area contributed by atoms with Gasteiger partial charge in [0.2, 0.25) is 0 Å². The van der Waals surface area contributed by atoms with Crippen molar-refractivity contribution in [3.05, 3.63) is 35.1 Å². The zero-order valence-electron chi connectivity index (χ0n) is 11.0. The van der Waals surface area contributed by atoms with E-state index in [0.29, 0.717) is 18.7 Å². The van der Waals surface area contributed by atoms with Crippen molar-refractivity contribution in [2.75, 3.05) is 13.2 Å². The molecule has 0 bridgehead atoms. The summed E-state index contributed by atoms with van der Waals surface area (Å²) >= 11 is 0. The maximum Gasteiger partial charge on any atom is 0.317 e. The fourth-order valence-corrected chi connectivity index (χ4v) is 2.32. The van der Waals surface area contributed by atoms with Crippen LogP contribution in [-0.4, -0.2) is 35.2 Å². The third kappa shape index (κ3) is 3.23. The third-order valence-electron chi connectivity index (χ3n) is 3.53. The van der Waals surface area contributed by atoms with E-state index < -0.39 is 0 Å². The molecule has 0 radical (unpaired) electrons. The Hall–Kier alpha value is -1.62. The second-order valence-electron chi connectivity index (χ2n) is 4.91. The van der Waals surface area contributed by atoms with Crippen LogP contribution in [0.3, 0.4) is 0 Å². The highest BCUT2D eigenvalue weighted by atomic mass is 19.1. The molecule has 1 heterocycles. The number of hydrogen-bond donors (Lipinski definition) is 2. The smallest absolute Gasteiger partial charge is 0.317 e. The van der Waals surface area contributed by atoms with Gasteiger partial charge in [-0.15, -0.1) is 0 Å². The third-order valence-corrected chi connectivity index (χ3v) is 3.53. The minimum Gasteiger partial charge on any atom is -0.394 e. The molecule has 2 rings (SSSR count). The summed E-state index contributed by atoms with van der Waals surface area (Å²) in [4.78, 5) is 13.6. The standard InChI is InChI=1S/C14H19FN2O2/c1-10-4-5-11(7-13(10)15)8-16-14(19)17-6-2-3-12(17)9-18/h4-5,7,12,18H,2-3,6,8-9H2,1H3,(H,16,19). The molecule has 1 aromatic rings. The van der Waals surface area contributed by atoms with Crippen LogP contribution in [0.15, 0.2) is 18.2 Å². The molecule has 1 unspecified atom stereocenters. The largest absolute Gasteiger partial charge is 0.394 e. The average Bonchev–Trinajstić information content (AvgIpc) is 2.88. The molecular formula is C14H19FN2O2. The van der Waals surface area contributed by atoms with Crippen LogP contribution in [0.2, 0.25) is 0 Å². The van der Waals surface area contributed by atoms with Crippen LogP contribution >= 0.6 is 0 Å². The van der Waals surface area contributed by atoms with Crippen molar-refractivity contribution in [3.63, 3.8) is 0 Å². The summed E-state index contributed by atoms with van der Waals surface area (Å²) in [6.45, 7) is 2.66. The molecule has 2 amide bonds. The minimum absolute atomic E-state index is 0.00736. The van der Waals surface area contributed by atoms with E-state index in [1.54, 1.807) is 24.0 Å². The first-order chi connectivity index (χ1) is 9.11. The summed E-state index contributed by atoms with van der Waals surface area (Å²) in [7, 11) is 0. The number of benzene rings is 1. The van der Waals surface area contributed by atoms with Crippen molar-refractivity contribution in [2.24, 2.45) is 0 Å². The number of carbonyl (C=O) groups is 1. The molecule has 0 aromatic heterocycles. The number of halogens is 1. The molecular weight excluding hydrogens is 247 g/mol. The van der Waals surface area contributed by atoms with Crippen molar-refractivity contribution in [1.82, 2.24) is 10.2 Å². The zero-order chi connectivity index (χ0) is 13.8. The van der Waals surface area contributed by atoms with Gasteiger partial charge in [-0.25, -0.2) is 9.18 Å². The Labute approximate surface area is 112 Å². The maximum atomic E-state index is 13.4. The van der Waals surface area contributed by atoms with Crippen LogP contribution in [-0.2, 0) is 6.54 Å². The first-order valence-electron chi connectivity index (χ1n) is 6.52. The molecule has 0 spiro atoms. The lowest BCUT2D eigenvalue weighted by molar-refractivity contribution is 0.157. The molecule has 104 valence electrons. The topological polar surface area (TPSA) is 52.6 Å². The van der Waals surface area contributed by atoms with Gasteiger partial charge in [-0.05, 0) is 37.0 Å². The first-order valence-corrected chi connectivity index (χ1v) is 6.52. The summed E-state index contributed by atoms with van der Waals surface area (Å²) in [5.74, 6) is -0.263. The molecule has 5 heteroatoms. The molecule has 1 aromatic carbocycles. The number of hydrogen-bond acceptors (Lipinski definition) is 2. The number of aryl methyl sites for hydroxylation is 1. The molecule has 1 saturated heterocycles. The summed E-state index contributed by atoms with van der Waals surface area (Å²) < 4.78 is 13.4. The van der Waals surface area contributed by atoms with Crippen LogP contribution in [0, 0.1) is 12.7 Å². The molecule has 19 heavy (non-hydrogen) atoms. The molecule has 0 saturated carbocycles. The van der Waals surface area contributed by atoms with Gasteiger partial charge in [0.25, 0.3) is 0 Å². The molecule has 1 aliphatic rings.